The molecule has 0 fully saturated rings. The average Bonchev–Trinajstić information content (AvgIpc) is 4.01. The fraction of sp³-hybridized carbons (Fsp3) is 0. The van der Waals surface area contributed by atoms with Gasteiger partial charge in [0.25, 0.3) is 0 Å². The minimum atomic E-state index is -3.15. The highest BCUT2D eigenvalue weighted by atomic mass is 28.3. The van der Waals surface area contributed by atoms with Gasteiger partial charge < -0.3 is 8.98 Å². The molecule has 0 bridgehead atoms. The van der Waals surface area contributed by atoms with Crippen LogP contribution in [-0.2, 0) is 0 Å². The number of hydrogen-bond donors (Lipinski definition) is 0. The van der Waals surface area contributed by atoms with Crippen LogP contribution in [0.5, 0.6) is 0 Å². The molecule has 0 aliphatic rings. The number of benzene rings is 12. The quantitative estimate of drug-likeness (QED) is 0.0844. The van der Waals surface area contributed by atoms with Crippen LogP contribution in [0.2, 0.25) is 0 Å². The van der Waals surface area contributed by atoms with Crippen LogP contribution in [0.3, 0.4) is 0 Å². The Balaban J connectivity index is 1.18. The molecule has 2 aromatic heterocycles. The van der Waals surface area contributed by atoms with Crippen LogP contribution in [-0.4, -0.2) is 12.6 Å². The van der Waals surface area contributed by atoms with Gasteiger partial charge in [0.05, 0.1) is 22.1 Å². The zero-order valence-electron chi connectivity index (χ0n) is 38.8. The van der Waals surface area contributed by atoms with E-state index in [1.165, 1.54) is 58.8 Å². The minimum Gasteiger partial charge on any atom is -0.455 e. The molecule has 0 spiro atoms. The standard InChI is InChI=1S/C68H45NOSi/c1-6-21-46(22-7-1)50-28-20-33-53(43-50)71(51-29-12-4-13-30-51,52-31-14-5-15-32-52)54-44-60(47-23-8-2-9-24-47)67(61(45-54)48-25-10-3-11-26-48)69-62-41-39-56-55-34-17-16-27-49(55)37-38-58(56)65(62)66-63(69)42-40-59-57-35-18-19-36-64(57)70-68(59)66/h1-45H. The summed E-state index contributed by atoms with van der Waals surface area (Å²) >= 11 is 0. The van der Waals surface area contributed by atoms with Crippen molar-refractivity contribution in [3.05, 3.63) is 273 Å². The SMILES string of the molecule is c1ccc(-c2cccc([Si](c3ccccc3)(c3ccccc3)c3cc(-c4ccccc4)c(-n4c5ccc6c7ccccc7ccc6c5c5c6oc7ccccc7c6ccc54)c(-c4ccccc4)c3)c2)cc1. The summed E-state index contributed by atoms with van der Waals surface area (Å²) in [6.07, 6.45) is 0. The highest BCUT2D eigenvalue weighted by molar-refractivity contribution is 7.20. The van der Waals surface area contributed by atoms with E-state index in [2.05, 4.69) is 278 Å². The third-order valence-electron chi connectivity index (χ3n) is 14.9. The van der Waals surface area contributed by atoms with E-state index in [0.29, 0.717) is 0 Å². The molecule has 14 rings (SSSR count). The summed E-state index contributed by atoms with van der Waals surface area (Å²) in [5.41, 5.74) is 12.2. The molecule has 0 unspecified atom stereocenters. The lowest BCUT2D eigenvalue weighted by Gasteiger charge is -2.36. The van der Waals surface area contributed by atoms with Crippen molar-refractivity contribution in [2.45, 2.75) is 0 Å². The molecule has 0 N–H and O–H groups in total. The van der Waals surface area contributed by atoms with Gasteiger partial charge in [-0.1, -0.05) is 249 Å². The zero-order chi connectivity index (χ0) is 46.9. The summed E-state index contributed by atoms with van der Waals surface area (Å²) in [6, 6.07) is 101. The maximum atomic E-state index is 7.03. The summed E-state index contributed by atoms with van der Waals surface area (Å²) < 4.78 is 9.59. The van der Waals surface area contributed by atoms with Gasteiger partial charge in [-0.3, -0.25) is 0 Å². The summed E-state index contributed by atoms with van der Waals surface area (Å²) in [5, 5.41) is 14.7. The number of furan rings is 1. The lowest BCUT2D eigenvalue weighted by molar-refractivity contribution is 0.673. The Hall–Kier alpha value is -9.02. The Kier molecular flexibility index (Phi) is 9.58. The first kappa shape index (κ1) is 41.0. The van der Waals surface area contributed by atoms with Crippen molar-refractivity contribution in [3.63, 3.8) is 0 Å². The highest BCUT2D eigenvalue weighted by Gasteiger charge is 2.43. The van der Waals surface area contributed by atoms with Crippen molar-refractivity contribution in [1.29, 1.82) is 0 Å². The molecule has 0 amide bonds. The van der Waals surface area contributed by atoms with E-state index in [9.17, 15) is 0 Å². The molecule has 2 nitrogen and oxygen atoms in total. The van der Waals surface area contributed by atoms with Crippen molar-refractivity contribution in [1.82, 2.24) is 4.57 Å². The van der Waals surface area contributed by atoms with Gasteiger partial charge >= 0.3 is 0 Å². The molecular formula is C68H45NOSi. The second-order valence-corrected chi connectivity index (χ2v) is 22.5. The summed E-state index contributed by atoms with van der Waals surface area (Å²) in [5.74, 6) is 0. The monoisotopic (exact) mass is 919 g/mol. The third kappa shape index (κ3) is 6.40. The molecule has 0 atom stereocenters. The largest absolute Gasteiger partial charge is 0.455 e. The summed E-state index contributed by atoms with van der Waals surface area (Å²) in [4.78, 5) is 0. The van der Waals surface area contributed by atoms with Gasteiger partial charge in [-0.25, -0.2) is 0 Å². The van der Waals surface area contributed by atoms with Gasteiger partial charge in [0.1, 0.15) is 11.2 Å². The lowest BCUT2D eigenvalue weighted by Crippen LogP contribution is -2.74. The van der Waals surface area contributed by atoms with Crippen LogP contribution < -0.4 is 20.7 Å². The average molecular weight is 920 g/mol. The molecule has 71 heavy (non-hydrogen) atoms. The number of rotatable bonds is 8. The molecule has 0 radical (unpaired) electrons. The first-order chi connectivity index (χ1) is 35.2. The zero-order valence-corrected chi connectivity index (χ0v) is 39.8. The molecule has 0 saturated carbocycles. The van der Waals surface area contributed by atoms with Crippen molar-refractivity contribution in [3.8, 4) is 39.1 Å². The van der Waals surface area contributed by atoms with Crippen LogP contribution in [0, 0.1) is 0 Å². The molecule has 3 heteroatoms. The highest BCUT2D eigenvalue weighted by Crippen LogP contribution is 2.47. The van der Waals surface area contributed by atoms with E-state index in [4.69, 9.17) is 4.42 Å². The van der Waals surface area contributed by atoms with Gasteiger partial charge in [-0.05, 0) is 88.8 Å². The van der Waals surface area contributed by atoms with E-state index < -0.39 is 8.07 Å². The fourth-order valence-corrected chi connectivity index (χ4v) is 16.6. The molecule has 12 aromatic carbocycles. The van der Waals surface area contributed by atoms with E-state index in [-0.39, 0.29) is 0 Å². The van der Waals surface area contributed by atoms with Crippen LogP contribution >= 0.6 is 0 Å². The van der Waals surface area contributed by atoms with Crippen molar-refractivity contribution in [2.24, 2.45) is 0 Å². The van der Waals surface area contributed by atoms with Crippen molar-refractivity contribution >= 4 is 94.1 Å². The number of nitrogens with zero attached hydrogens (tertiary/aromatic N) is 1. The number of hydrogen-bond acceptors (Lipinski definition) is 1. The molecule has 14 aromatic rings. The van der Waals surface area contributed by atoms with Crippen molar-refractivity contribution < 1.29 is 4.42 Å². The maximum Gasteiger partial charge on any atom is 0.179 e. The lowest BCUT2D eigenvalue weighted by atomic mass is 9.95. The molecule has 332 valence electrons. The first-order valence-corrected chi connectivity index (χ1v) is 26.5. The second-order valence-electron chi connectivity index (χ2n) is 18.7. The van der Waals surface area contributed by atoms with Gasteiger partial charge in [0.15, 0.2) is 8.07 Å². The number of para-hydroxylation sites is 1. The second kappa shape index (κ2) is 16.6. The third-order valence-corrected chi connectivity index (χ3v) is 19.6. The molecule has 0 aliphatic heterocycles. The number of fused-ring (bicyclic) bond motifs is 11. The van der Waals surface area contributed by atoms with Gasteiger partial charge in [-0.15, -0.1) is 0 Å². The number of aromatic nitrogens is 1. The van der Waals surface area contributed by atoms with Crippen molar-refractivity contribution in [2.75, 3.05) is 0 Å². The summed E-state index contributed by atoms with van der Waals surface area (Å²) in [7, 11) is -3.15. The van der Waals surface area contributed by atoms with E-state index in [0.717, 1.165) is 66.3 Å². The smallest absolute Gasteiger partial charge is 0.179 e. The van der Waals surface area contributed by atoms with Crippen LogP contribution in [0.15, 0.2) is 277 Å². The Labute approximate surface area is 413 Å². The van der Waals surface area contributed by atoms with Gasteiger partial charge in [0, 0.05) is 27.3 Å². The predicted octanol–water partition coefficient (Wildman–Crippen LogP) is 15.4. The topological polar surface area (TPSA) is 18.1 Å². The summed E-state index contributed by atoms with van der Waals surface area (Å²) in [6.45, 7) is 0. The molecule has 2 heterocycles. The van der Waals surface area contributed by atoms with E-state index in [1.54, 1.807) is 0 Å². The Morgan fingerprint density at radius 3 is 1.44 bits per heavy atom. The molecule has 0 aliphatic carbocycles. The Bertz CT molecular complexity index is 4210. The van der Waals surface area contributed by atoms with Crippen LogP contribution in [0.25, 0.3) is 104 Å². The van der Waals surface area contributed by atoms with E-state index >= 15 is 0 Å². The first-order valence-electron chi connectivity index (χ1n) is 24.5. The van der Waals surface area contributed by atoms with Gasteiger partial charge in [0.2, 0.25) is 0 Å². The molecule has 0 saturated heterocycles. The normalized spacial score (nSPS) is 11.9. The van der Waals surface area contributed by atoms with E-state index in [1.807, 2.05) is 0 Å². The fourth-order valence-electron chi connectivity index (χ4n) is 11.8. The predicted molar refractivity (Wildman–Crippen MR) is 303 cm³/mol. The van der Waals surface area contributed by atoms with Crippen LogP contribution in [0.1, 0.15) is 0 Å². The minimum absolute atomic E-state index is 0.889. The van der Waals surface area contributed by atoms with Crippen LogP contribution in [0.4, 0.5) is 0 Å². The Morgan fingerprint density at radius 2 is 0.789 bits per heavy atom. The Morgan fingerprint density at radius 1 is 0.296 bits per heavy atom. The maximum absolute atomic E-state index is 7.03. The van der Waals surface area contributed by atoms with Gasteiger partial charge in [-0.2, -0.15) is 0 Å². The molecular weight excluding hydrogens is 875 g/mol.